The van der Waals surface area contributed by atoms with Gasteiger partial charge in [0, 0.05) is 13.0 Å². The first-order valence-corrected chi connectivity index (χ1v) is 8.21. The summed E-state index contributed by atoms with van der Waals surface area (Å²) in [6.45, 7) is 3.23. The van der Waals surface area contributed by atoms with Crippen LogP contribution in [0.15, 0.2) is 18.2 Å². The fourth-order valence-corrected chi connectivity index (χ4v) is 3.53. The summed E-state index contributed by atoms with van der Waals surface area (Å²) < 4.78 is 2.37. The molecule has 0 bridgehead atoms. The van der Waals surface area contributed by atoms with E-state index in [-0.39, 0.29) is 0 Å². The van der Waals surface area contributed by atoms with Gasteiger partial charge in [-0.15, -0.1) is 0 Å². The largest absolute Gasteiger partial charge is 0.328 e. The zero-order chi connectivity index (χ0) is 14.7. The van der Waals surface area contributed by atoms with Crippen LogP contribution in [0.1, 0.15) is 56.8 Å². The molecule has 21 heavy (non-hydrogen) atoms. The maximum Gasteiger partial charge on any atom is 0.110 e. The number of nitriles is 1. The van der Waals surface area contributed by atoms with Crippen molar-refractivity contribution in [2.24, 2.45) is 5.92 Å². The van der Waals surface area contributed by atoms with Crippen LogP contribution >= 0.6 is 0 Å². The predicted octanol–water partition coefficient (Wildman–Crippen LogP) is 4.44. The van der Waals surface area contributed by atoms with Crippen LogP contribution in [0.2, 0.25) is 0 Å². The number of fused-ring (bicyclic) bond motifs is 1. The van der Waals surface area contributed by atoms with E-state index in [2.05, 4.69) is 23.6 Å². The van der Waals surface area contributed by atoms with Crippen LogP contribution < -0.4 is 0 Å². The maximum absolute atomic E-state index is 9.05. The molecule has 1 aromatic heterocycles. The SMILES string of the molecule is CCCn1c(CC2CCCCC2)nc2cc(C#N)ccc21. The lowest BCUT2D eigenvalue weighted by atomic mass is 9.87. The van der Waals surface area contributed by atoms with Crippen LogP contribution in [0.4, 0.5) is 0 Å². The molecule has 1 aliphatic rings. The molecule has 0 saturated heterocycles. The van der Waals surface area contributed by atoms with Gasteiger partial charge in [0.15, 0.2) is 0 Å². The van der Waals surface area contributed by atoms with Crippen molar-refractivity contribution in [1.82, 2.24) is 9.55 Å². The lowest BCUT2D eigenvalue weighted by Gasteiger charge is -2.21. The molecule has 110 valence electrons. The Labute approximate surface area is 126 Å². The first kappa shape index (κ1) is 14.1. The second-order valence-corrected chi connectivity index (χ2v) is 6.20. The number of rotatable bonds is 4. The maximum atomic E-state index is 9.05. The Morgan fingerprint density at radius 1 is 1.29 bits per heavy atom. The lowest BCUT2D eigenvalue weighted by Crippen LogP contribution is -2.13. The normalized spacial score (nSPS) is 16.2. The molecule has 2 aromatic rings. The van der Waals surface area contributed by atoms with Crippen LogP contribution in [0.25, 0.3) is 11.0 Å². The molecule has 1 fully saturated rings. The molecule has 3 heteroatoms. The highest BCUT2D eigenvalue weighted by atomic mass is 15.1. The van der Waals surface area contributed by atoms with E-state index < -0.39 is 0 Å². The molecule has 0 radical (unpaired) electrons. The quantitative estimate of drug-likeness (QED) is 0.831. The zero-order valence-electron chi connectivity index (χ0n) is 12.8. The van der Waals surface area contributed by atoms with Gasteiger partial charge in [-0.05, 0) is 30.5 Å². The lowest BCUT2D eigenvalue weighted by molar-refractivity contribution is 0.348. The van der Waals surface area contributed by atoms with E-state index in [0.29, 0.717) is 5.56 Å². The number of benzene rings is 1. The molecule has 0 amide bonds. The minimum absolute atomic E-state index is 0.702. The predicted molar refractivity (Wildman–Crippen MR) is 85.0 cm³/mol. The topological polar surface area (TPSA) is 41.6 Å². The van der Waals surface area contributed by atoms with Crippen molar-refractivity contribution in [3.63, 3.8) is 0 Å². The third kappa shape index (κ3) is 2.95. The van der Waals surface area contributed by atoms with Gasteiger partial charge in [-0.2, -0.15) is 5.26 Å². The summed E-state index contributed by atoms with van der Waals surface area (Å²) >= 11 is 0. The van der Waals surface area contributed by atoms with E-state index >= 15 is 0 Å². The highest BCUT2D eigenvalue weighted by Crippen LogP contribution is 2.28. The highest BCUT2D eigenvalue weighted by molar-refractivity contribution is 5.77. The van der Waals surface area contributed by atoms with Crippen LogP contribution in [0.3, 0.4) is 0 Å². The number of aromatic nitrogens is 2. The number of imidazole rings is 1. The Morgan fingerprint density at radius 3 is 2.81 bits per heavy atom. The zero-order valence-corrected chi connectivity index (χ0v) is 12.8. The molecule has 0 spiro atoms. The Hall–Kier alpha value is -1.82. The Kier molecular flexibility index (Phi) is 4.24. The fraction of sp³-hybridized carbons (Fsp3) is 0.556. The van der Waals surface area contributed by atoms with Crippen LogP contribution in [0, 0.1) is 17.2 Å². The number of aryl methyl sites for hydroxylation is 1. The van der Waals surface area contributed by atoms with Gasteiger partial charge in [-0.3, -0.25) is 0 Å². The number of hydrogen-bond donors (Lipinski definition) is 0. The number of nitrogens with zero attached hydrogens (tertiary/aromatic N) is 3. The molecular formula is C18H23N3. The summed E-state index contributed by atoms with van der Waals surface area (Å²) in [7, 11) is 0. The third-order valence-corrected chi connectivity index (χ3v) is 4.60. The van der Waals surface area contributed by atoms with Crippen molar-refractivity contribution in [2.45, 2.75) is 58.4 Å². The second-order valence-electron chi connectivity index (χ2n) is 6.20. The van der Waals surface area contributed by atoms with Gasteiger partial charge >= 0.3 is 0 Å². The van der Waals surface area contributed by atoms with Gasteiger partial charge in [0.1, 0.15) is 5.82 Å². The summed E-state index contributed by atoms with van der Waals surface area (Å²) in [5.41, 5.74) is 2.86. The van der Waals surface area contributed by atoms with Gasteiger partial charge in [-0.1, -0.05) is 39.0 Å². The highest BCUT2D eigenvalue weighted by Gasteiger charge is 2.18. The monoisotopic (exact) mass is 281 g/mol. The van der Waals surface area contributed by atoms with E-state index in [1.807, 2.05) is 12.1 Å². The third-order valence-electron chi connectivity index (χ3n) is 4.60. The van der Waals surface area contributed by atoms with Gasteiger partial charge in [0.2, 0.25) is 0 Å². The Morgan fingerprint density at radius 2 is 2.10 bits per heavy atom. The average Bonchev–Trinajstić information content (AvgIpc) is 2.85. The Balaban J connectivity index is 1.95. The van der Waals surface area contributed by atoms with Crippen molar-refractivity contribution in [3.8, 4) is 6.07 Å². The Bertz CT molecular complexity index is 657. The summed E-state index contributed by atoms with van der Waals surface area (Å²) in [4.78, 5) is 4.85. The van der Waals surface area contributed by atoms with E-state index in [1.165, 1.54) is 43.4 Å². The molecule has 1 aromatic carbocycles. The van der Waals surface area contributed by atoms with Crippen LogP contribution in [0.5, 0.6) is 0 Å². The molecule has 1 aliphatic carbocycles. The van der Waals surface area contributed by atoms with Crippen molar-refractivity contribution < 1.29 is 0 Å². The standard InChI is InChI=1S/C18H23N3/c1-2-10-21-17-9-8-15(13-19)11-16(17)20-18(21)12-14-6-4-3-5-7-14/h8-9,11,14H,2-7,10,12H2,1H3. The van der Waals surface area contributed by atoms with E-state index in [4.69, 9.17) is 10.2 Å². The van der Waals surface area contributed by atoms with E-state index in [0.717, 1.165) is 30.8 Å². The fourth-order valence-electron chi connectivity index (χ4n) is 3.53. The van der Waals surface area contributed by atoms with Gasteiger partial charge in [0.05, 0.1) is 22.7 Å². The summed E-state index contributed by atoms with van der Waals surface area (Å²) in [5.74, 6) is 2.01. The first-order valence-electron chi connectivity index (χ1n) is 8.21. The van der Waals surface area contributed by atoms with E-state index in [1.54, 1.807) is 0 Å². The number of hydrogen-bond acceptors (Lipinski definition) is 2. The van der Waals surface area contributed by atoms with Gasteiger partial charge < -0.3 is 4.57 Å². The summed E-state index contributed by atoms with van der Waals surface area (Å²) in [6.07, 6.45) is 9.04. The first-order chi connectivity index (χ1) is 10.3. The van der Waals surface area contributed by atoms with Crippen molar-refractivity contribution in [1.29, 1.82) is 5.26 Å². The molecule has 0 unspecified atom stereocenters. The molecule has 0 atom stereocenters. The minimum Gasteiger partial charge on any atom is -0.328 e. The second kappa shape index (κ2) is 6.30. The smallest absolute Gasteiger partial charge is 0.110 e. The average molecular weight is 281 g/mol. The van der Waals surface area contributed by atoms with Gasteiger partial charge in [-0.25, -0.2) is 4.98 Å². The van der Waals surface area contributed by atoms with Crippen molar-refractivity contribution in [3.05, 3.63) is 29.6 Å². The molecule has 1 saturated carbocycles. The van der Waals surface area contributed by atoms with Crippen molar-refractivity contribution in [2.75, 3.05) is 0 Å². The molecule has 0 N–H and O–H groups in total. The molecule has 0 aliphatic heterocycles. The molecule has 3 nitrogen and oxygen atoms in total. The molecule has 3 rings (SSSR count). The van der Waals surface area contributed by atoms with Crippen LogP contribution in [-0.4, -0.2) is 9.55 Å². The summed E-state index contributed by atoms with van der Waals surface area (Å²) in [5, 5.41) is 9.05. The molecule has 1 heterocycles. The van der Waals surface area contributed by atoms with E-state index in [9.17, 15) is 0 Å². The van der Waals surface area contributed by atoms with Gasteiger partial charge in [0.25, 0.3) is 0 Å². The molecular weight excluding hydrogens is 258 g/mol. The van der Waals surface area contributed by atoms with Crippen molar-refractivity contribution >= 4 is 11.0 Å². The van der Waals surface area contributed by atoms with Crippen LogP contribution in [-0.2, 0) is 13.0 Å². The minimum atomic E-state index is 0.702. The summed E-state index contributed by atoms with van der Waals surface area (Å²) in [6, 6.07) is 8.09.